The molecule has 0 aliphatic carbocycles. The molecule has 0 radical (unpaired) electrons. The van der Waals surface area contributed by atoms with Crippen molar-refractivity contribution in [1.82, 2.24) is 5.32 Å². The average molecular weight is 350 g/mol. The van der Waals surface area contributed by atoms with Gasteiger partial charge in [-0.15, -0.1) is 0 Å². The first kappa shape index (κ1) is 16.6. The fourth-order valence-electron chi connectivity index (χ4n) is 2.45. The summed E-state index contributed by atoms with van der Waals surface area (Å²) in [6.45, 7) is 2.97. The number of benzene rings is 2. The molecule has 3 rings (SSSR count). The molecule has 1 N–H and O–H groups in total. The normalized spacial score (nSPS) is 14.6. The molecule has 4 nitrogen and oxygen atoms in total. The standard InChI is InChI=1S/C18H17ClFNO3/c1-11(12-3-5-15(20)14(19)9-12)21-18(22)13-4-6-16-17(10-13)24-8-2-7-23-16/h3-6,9-11H,2,7-8H2,1H3,(H,21,22)/t11-/m1/s1. The van der Waals surface area contributed by atoms with Crippen LogP contribution >= 0.6 is 11.6 Å². The van der Waals surface area contributed by atoms with Crippen molar-refractivity contribution in [3.05, 3.63) is 58.4 Å². The van der Waals surface area contributed by atoms with E-state index in [-0.39, 0.29) is 17.0 Å². The molecule has 0 aromatic heterocycles. The van der Waals surface area contributed by atoms with Crippen LogP contribution in [-0.2, 0) is 0 Å². The van der Waals surface area contributed by atoms with Gasteiger partial charge in [-0.3, -0.25) is 4.79 Å². The van der Waals surface area contributed by atoms with Gasteiger partial charge in [0.2, 0.25) is 0 Å². The second kappa shape index (κ2) is 7.09. The Morgan fingerprint density at radius 1 is 1.17 bits per heavy atom. The van der Waals surface area contributed by atoms with Gasteiger partial charge < -0.3 is 14.8 Å². The molecule has 1 atom stereocenters. The maximum Gasteiger partial charge on any atom is 0.251 e. The van der Waals surface area contributed by atoms with Crippen molar-refractivity contribution in [1.29, 1.82) is 0 Å². The van der Waals surface area contributed by atoms with Crippen molar-refractivity contribution in [2.24, 2.45) is 0 Å². The van der Waals surface area contributed by atoms with Gasteiger partial charge in [0.15, 0.2) is 11.5 Å². The highest BCUT2D eigenvalue weighted by atomic mass is 35.5. The van der Waals surface area contributed by atoms with E-state index in [0.717, 1.165) is 12.0 Å². The molecule has 1 heterocycles. The van der Waals surface area contributed by atoms with E-state index in [1.807, 2.05) is 6.92 Å². The zero-order valence-electron chi connectivity index (χ0n) is 13.1. The van der Waals surface area contributed by atoms with Gasteiger partial charge >= 0.3 is 0 Å². The summed E-state index contributed by atoms with van der Waals surface area (Å²) >= 11 is 5.79. The summed E-state index contributed by atoms with van der Waals surface area (Å²) < 4.78 is 24.4. The number of carbonyl (C=O) groups is 1. The molecule has 1 aliphatic rings. The van der Waals surface area contributed by atoms with Crippen molar-refractivity contribution < 1.29 is 18.7 Å². The number of ether oxygens (including phenoxy) is 2. The third kappa shape index (κ3) is 3.62. The van der Waals surface area contributed by atoms with E-state index in [1.165, 1.54) is 12.1 Å². The predicted molar refractivity (Wildman–Crippen MR) is 89.3 cm³/mol. The van der Waals surface area contributed by atoms with Crippen molar-refractivity contribution in [3.8, 4) is 11.5 Å². The lowest BCUT2D eigenvalue weighted by Crippen LogP contribution is -2.26. The Kier molecular flexibility index (Phi) is 4.90. The van der Waals surface area contributed by atoms with Crippen LogP contribution in [0.4, 0.5) is 4.39 Å². The molecule has 126 valence electrons. The van der Waals surface area contributed by atoms with Crippen LogP contribution in [0.15, 0.2) is 36.4 Å². The van der Waals surface area contributed by atoms with Gasteiger partial charge in [0, 0.05) is 12.0 Å². The average Bonchev–Trinajstić information content (AvgIpc) is 2.81. The SMILES string of the molecule is C[C@@H](NC(=O)c1ccc2c(c1)OCCCO2)c1ccc(F)c(Cl)c1. The first-order chi connectivity index (χ1) is 11.5. The van der Waals surface area contributed by atoms with E-state index in [9.17, 15) is 9.18 Å². The molecule has 0 bridgehead atoms. The van der Waals surface area contributed by atoms with Crippen LogP contribution in [0.5, 0.6) is 11.5 Å². The summed E-state index contributed by atoms with van der Waals surface area (Å²) in [5.74, 6) is 0.473. The Morgan fingerprint density at radius 3 is 2.67 bits per heavy atom. The smallest absolute Gasteiger partial charge is 0.251 e. The summed E-state index contributed by atoms with van der Waals surface area (Å²) in [6.07, 6.45) is 0.804. The highest BCUT2D eigenvalue weighted by Crippen LogP contribution is 2.30. The maximum atomic E-state index is 13.2. The topological polar surface area (TPSA) is 47.6 Å². The Hall–Kier alpha value is -2.27. The van der Waals surface area contributed by atoms with Crippen LogP contribution in [0.3, 0.4) is 0 Å². The number of carbonyl (C=O) groups excluding carboxylic acids is 1. The summed E-state index contributed by atoms with van der Waals surface area (Å²) in [5, 5.41) is 2.90. The van der Waals surface area contributed by atoms with Crippen LogP contribution in [0, 0.1) is 5.82 Å². The van der Waals surface area contributed by atoms with E-state index in [4.69, 9.17) is 21.1 Å². The number of halogens is 2. The lowest BCUT2D eigenvalue weighted by atomic mass is 10.1. The summed E-state index contributed by atoms with van der Waals surface area (Å²) in [5.41, 5.74) is 1.20. The van der Waals surface area contributed by atoms with E-state index < -0.39 is 5.82 Å². The summed E-state index contributed by atoms with van der Waals surface area (Å²) in [4.78, 5) is 12.4. The zero-order valence-corrected chi connectivity index (χ0v) is 13.9. The lowest BCUT2D eigenvalue weighted by molar-refractivity contribution is 0.0939. The zero-order chi connectivity index (χ0) is 17.1. The third-order valence-electron chi connectivity index (χ3n) is 3.80. The highest BCUT2D eigenvalue weighted by Gasteiger charge is 2.16. The molecule has 1 aliphatic heterocycles. The van der Waals surface area contributed by atoms with Crippen LogP contribution in [0.2, 0.25) is 5.02 Å². The van der Waals surface area contributed by atoms with Crippen molar-refractivity contribution >= 4 is 17.5 Å². The van der Waals surface area contributed by atoms with Gasteiger partial charge in [-0.1, -0.05) is 17.7 Å². The van der Waals surface area contributed by atoms with Gasteiger partial charge in [-0.2, -0.15) is 0 Å². The Labute approximate surface area is 144 Å². The largest absolute Gasteiger partial charge is 0.490 e. The van der Waals surface area contributed by atoms with Crippen molar-refractivity contribution in [2.75, 3.05) is 13.2 Å². The molecule has 1 amide bonds. The van der Waals surface area contributed by atoms with E-state index in [2.05, 4.69) is 5.32 Å². The van der Waals surface area contributed by atoms with Gasteiger partial charge in [-0.25, -0.2) is 4.39 Å². The predicted octanol–water partition coefficient (Wildman–Crippen LogP) is 4.13. The fraction of sp³-hybridized carbons (Fsp3) is 0.278. The monoisotopic (exact) mass is 349 g/mol. The Morgan fingerprint density at radius 2 is 1.92 bits per heavy atom. The Balaban J connectivity index is 1.74. The molecular weight excluding hydrogens is 333 g/mol. The third-order valence-corrected chi connectivity index (χ3v) is 4.09. The molecule has 24 heavy (non-hydrogen) atoms. The van der Waals surface area contributed by atoms with Crippen molar-refractivity contribution in [3.63, 3.8) is 0 Å². The van der Waals surface area contributed by atoms with Gasteiger partial charge in [0.05, 0.1) is 24.3 Å². The number of amides is 1. The molecule has 0 unspecified atom stereocenters. The highest BCUT2D eigenvalue weighted by molar-refractivity contribution is 6.30. The van der Waals surface area contributed by atoms with Gasteiger partial charge in [0.25, 0.3) is 5.91 Å². The molecule has 0 fully saturated rings. The van der Waals surface area contributed by atoms with Crippen LogP contribution in [0.25, 0.3) is 0 Å². The molecule has 6 heteroatoms. The molecule has 2 aromatic carbocycles. The Bertz CT molecular complexity index is 766. The molecule has 2 aromatic rings. The van der Waals surface area contributed by atoms with E-state index in [0.29, 0.717) is 30.3 Å². The fourth-order valence-corrected chi connectivity index (χ4v) is 2.64. The maximum absolute atomic E-state index is 13.2. The minimum atomic E-state index is -0.484. The summed E-state index contributed by atoms with van der Waals surface area (Å²) in [7, 11) is 0. The molecular formula is C18H17ClFNO3. The first-order valence-corrected chi connectivity index (χ1v) is 8.08. The molecule has 0 saturated heterocycles. The molecule has 0 spiro atoms. The van der Waals surface area contributed by atoms with Gasteiger partial charge in [0.1, 0.15) is 5.82 Å². The minimum Gasteiger partial charge on any atom is -0.490 e. The number of hydrogen-bond donors (Lipinski definition) is 1. The quantitative estimate of drug-likeness (QED) is 0.906. The second-order valence-electron chi connectivity index (χ2n) is 5.58. The number of rotatable bonds is 3. The van der Waals surface area contributed by atoms with Crippen molar-refractivity contribution in [2.45, 2.75) is 19.4 Å². The van der Waals surface area contributed by atoms with E-state index in [1.54, 1.807) is 24.3 Å². The minimum absolute atomic E-state index is 0.0316. The summed E-state index contributed by atoms with van der Waals surface area (Å²) in [6, 6.07) is 9.17. The molecule has 0 saturated carbocycles. The number of fused-ring (bicyclic) bond motifs is 1. The van der Waals surface area contributed by atoms with Crippen LogP contribution in [0.1, 0.15) is 35.3 Å². The number of hydrogen-bond acceptors (Lipinski definition) is 3. The second-order valence-corrected chi connectivity index (χ2v) is 5.99. The van der Waals surface area contributed by atoms with Crippen LogP contribution < -0.4 is 14.8 Å². The lowest BCUT2D eigenvalue weighted by Gasteiger charge is -2.16. The van der Waals surface area contributed by atoms with E-state index >= 15 is 0 Å². The van der Waals surface area contributed by atoms with Crippen LogP contribution in [-0.4, -0.2) is 19.1 Å². The van der Waals surface area contributed by atoms with Gasteiger partial charge in [-0.05, 0) is 42.8 Å². The first-order valence-electron chi connectivity index (χ1n) is 7.70. The number of nitrogens with one attached hydrogen (secondary N) is 1.